The number of nitrogens with zero attached hydrogens (tertiary/aromatic N) is 7. The van der Waals surface area contributed by atoms with Gasteiger partial charge in [-0.05, 0) is 6.42 Å². The summed E-state index contributed by atoms with van der Waals surface area (Å²) in [5.41, 5.74) is 3.93. The lowest BCUT2D eigenvalue weighted by Gasteiger charge is -2.24. The Labute approximate surface area is 150 Å². The van der Waals surface area contributed by atoms with Gasteiger partial charge in [0.2, 0.25) is 0 Å². The van der Waals surface area contributed by atoms with E-state index in [2.05, 4.69) is 41.3 Å². The van der Waals surface area contributed by atoms with Gasteiger partial charge in [0.25, 0.3) is 5.78 Å². The van der Waals surface area contributed by atoms with Gasteiger partial charge in [0.15, 0.2) is 0 Å². The fourth-order valence-electron chi connectivity index (χ4n) is 3.19. The van der Waals surface area contributed by atoms with Crippen LogP contribution in [-0.2, 0) is 17.9 Å². The average Bonchev–Trinajstić information content (AvgIpc) is 3.23. The number of anilines is 1. The SMILES string of the molecule is COCc1cc(N2CCCN(Cc3cscn3)CC2)n2ncnc2n1. The molecule has 0 aromatic carbocycles. The maximum Gasteiger partial charge on any atom is 0.254 e. The molecule has 25 heavy (non-hydrogen) atoms. The molecule has 0 spiro atoms. The van der Waals surface area contributed by atoms with Crippen LogP contribution >= 0.6 is 11.3 Å². The first-order chi connectivity index (χ1) is 12.3. The van der Waals surface area contributed by atoms with Crippen molar-refractivity contribution in [2.24, 2.45) is 0 Å². The lowest BCUT2D eigenvalue weighted by Crippen LogP contribution is -2.32. The largest absolute Gasteiger partial charge is 0.378 e. The van der Waals surface area contributed by atoms with Crippen molar-refractivity contribution < 1.29 is 4.74 Å². The molecule has 3 aromatic rings. The summed E-state index contributed by atoms with van der Waals surface area (Å²) in [6.07, 6.45) is 2.65. The zero-order chi connectivity index (χ0) is 17.1. The number of fused-ring (bicyclic) bond motifs is 1. The normalized spacial score (nSPS) is 16.4. The van der Waals surface area contributed by atoms with Crippen LogP contribution in [0.5, 0.6) is 0 Å². The van der Waals surface area contributed by atoms with Crippen LogP contribution in [0.3, 0.4) is 0 Å². The van der Waals surface area contributed by atoms with E-state index < -0.39 is 0 Å². The van der Waals surface area contributed by atoms with E-state index in [0.717, 1.165) is 56.4 Å². The highest BCUT2D eigenvalue weighted by molar-refractivity contribution is 7.07. The van der Waals surface area contributed by atoms with E-state index in [1.165, 1.54) is 0 Å². The molecule has 0 radical (unpaired) electrons. The second kappa shape index (κ2) is 7.42. The van der Waals surface area contributed by atoms with Crippen LogP contribution in [0.2, 0.25) is 0 Å². The lowest BCUT2D eigenvalue weighted by atomic mass is 10.3. The number of hydrogen-bond acceptors (Lipinski definition) is 8. The molecule has 9 heteroatoms. The molecule has 0 N–H and O–H groups in total. The molecule has 0 amide bonds. The van der Waals surface area contributed by atoms with Gasteiger partial charge in [-0.2, -0.15) is 14.6 Å². The molecule has 0 atom stereocenters. The van der Waals surface area contributed by atoms with Crippen LogP contribution in [0.1, 0.15) is 17.8 Å². The van der Waals surface area contributed by atoms with Crippen molar-refractivity contribution in [3.63, 3.8) is 0 Å². The summed E-state index contributed by atoms with van der Waals surface area (Å²) in [7, 11) is 1.68. The molecule has 4 rings (SSSR count). The molecule has 0 saturated carbocycles. The Morgan fingerprint density at radius 3 is 2.96 bits per heavy atom. The Morgan fingerprint density at radius 2 is 2.12 bits per heavy atom. The van der Waals surface area contributed by atoms with Crippen molar-refractivity contribution >= 4 is 22.9 Å². The van der Waals surface area contributed by atoms with Gasteiger partial charge in [0.05, 0.1) is 23.5 Å². The number of thiazole rings is 1. The van der Waals surface area contributed by atoms with E-state index in [1.54, 1.807) is 24.8 Å². The molecule has 1 aliphatic heterocycles. The first-order valence-corrected chi connectivity index (χ1v) is 9.31. The molecule has 0 bridgehead atoms. The third-order valence-corrected chi connectivity index (χ3v) is 5.00. The number of aromatic nitrogens is 5. The van der Waals surface area contributed by atoms with Crippen LogP contribution in [0.4, 0.5) is 5.82 Å². The quantitative estimate of drug-likeness (QED) is 0.682. The Kier molecular flexibility index (Phi) is 4.86. The molecular formula is C16H21N7OS. The monoisotopic (exact) mass is 359 g/mol. The van der Waals surface area contributed by atoms with Gasteiger partial charge in [0, 0.05) is 51.3 Å². The second-order valence-electron chi connectivity index (χ2n) is 6.11. The molecule has 8 nitrogen and oxygen atoms in total. The highest BCUT2D eigenvalue weighted by atomic mass is 32.1. The lowest BCUT2D eigenvalue weighted by molar-refractivity contribution is 0.181. The summed E-state index contributed by atoms with van der Waals surface area (Å²) >= 11 is 1.65. The van der Waals surface area contributed by atoms with Gasteiger partial charge < -0.3 is 9.64 Å². The summed E-state index contributed by atoms with van der Waals surface area (Å²) in [5, 5.41) is 6.47. The first kappa shape index (κ1) is 16.4. The van der Waals surface area contributed by atoms with Crippen LogP contribution in [-0.4, -0.2) is 62.8 Å². The van der Waals surface area contributed by atoms with Crippen LogP contribution < -0.4 is 4.90 Å². The predicted molar refractivity (Wildman–Crippen MR) is 95.7 cm³/mol. The topological polar surface area (TPSA) is 71.7 Å². The van der Waals surface area contributed by atoms with Crippen molar-refractivity contribution in [3.8, 4) is 0 Å². The van der Waals surface area contributed by atoms with E-state index in [4.69, 9.17) is 4.74 Å². The van der Waals surface area contributed by atoms with Crippen LogP contribution in [0, 0.1) is 0 Å². The highest BCUT2D eigenvalue weighted by Gasteiger charge is 2.19. The number of methoxy groups -OCH3 is 1. The number of ether oxygens (including phenoxy) is 1. The summed E-state index contributed by atoms with van der Waals surface area (Å²) in [5.74, 6) is 1.65. The number of rotatable bonds is 5. The van der Waals surface area contributed by atoms with Gasteiger partial charge in [-0.1, -0.05) is 0 Å². The first-order valence-electron chi connectivity index (χ1n) is 8.36. The van der Waals surface area contributed by atoms with Gasteiger partial charge in [0.1, 0.15) is 12.1 Å². The predicted octanol–water partition coefficient (Wildman–Crippen LogP) is 1.44. The van der Waals surface area contributed by atoms with Gasteiger partial charge >= 0.3 is 0 Å². The van der Waals surface area contributed by atoms with Gasteiger partial charge in [-0.15, -0.1) is 11.3 Å². The maximum atomic E-state index is 5.24. The van der Waals surface area contributed by atoms with Crippen molar-refractivity contribution in [2.75, 3.05) is 38.2 Å². The van der Waals surface area contributed by atoms with Crippen LogP contribution in [0.25, 0.3) is 5.78 Å². The molecule has 3 aromatic heterocycles. The fraction of sp³-hybridized carbons (Fsp3) is 0.500. The summed E-state index contributed by atoms with van der Waals surface area (Å²) in [6.45, 7) is 5.39. The third-order valence-electron chi connectivity index (χ3n) is 4.36. The molecule has 1 fully saturated rings. The van der Waals surface area contributed by atoms with E-state index in [9.17, 15) is 0 Å². The third kappa shape index (κ3) is 3.63. The molecule has 0 aliphatic carbocycles. The Bertz CT molecular complexity index is 819. The average molecular weight is 359 g/mol. The summed E-state index contributed by atoms with van der Waals surface area (Å²) < 4.78 is 7.06. The van der Waals surface area contributed by atoms with Crippen molar-refractivity contribution in [1.29, 1.82) is 0 Å². The smallest absolute Gasteiger partial charge is 0.254 e. The van der Waals surface area contributed by atoms with E-state index >= 15 is 0 Å². The zero-order valence-corrected chi connectivity index (χ0v) is 15.0. The second-order valence-corrected chi connectivity index (χ2v) is 6.83. The van der Waals surface area contributed by atoms with E-state index in [-0.39, 0.29) is 0 Å². The Hall–Kier alpha value is -2.10. The zero-order valence-electron chi connectivity index (χ0n) is 14.2. The maximum absolute atomic E-state index is 5.24. The standard InChI is InChI=1S/C16H21N7OS/c1-24-9-13-7-15(23-16(20-13)17-11-19-23)22-4-2-3-21(5-6-22)8-14-10-25-12-18-14/h7,10-12H,2-6,8-9H2,1H3. The molecule has 0 unspecified atom stereocenters. The van der Waals surface area contributed by atoms with Crippen molar-refractivity contribution in [3.05, 3.63) is 34.7 Å². The molecular weight excluding hydrogens is 338 g/mol. The van der Waals surface area contributed by atoms with E-state index in [1.807, 2.05) is 10.0 Å². The van der Waals surface area contributed by atoms with Gasteiger partial charge in [-0.3, -0.25) is 4.90 Å². The van der Waals surface area contributed by atoms with Crippen molar-refractivity contribution in [2.45, 2.75) is 19.6 Å². The minimum atomic E-state index is 0.472. The molecule has 4 heterocycles. The van der Waals surface area contributed by atoms with Crippen LogP contribution in [0.15, 0.2) is 23.3 Å². The molecule has 1 saturated heterocycles. The van der Waals surface area contributed by atoms with E-state index in [0.29, 0.717) is 12.4 Å². The fourth-order valence-corrected chi connectivity index (χ4v) is 3.74. The molecule has 1 aliphatic rings. The Balaban J connectivity index is 1.53. The number of hydrogen-bond donors (Lipinski definition) is 0. The summed E-state index contributed by atoms with van der Waals surface area (Å²) in [6, 6.07) is 2.06. The van der Waals surface area contributed by atoms with Gasteiger partial charge in [-0.25, -0.2) is 9.97 Å². The minimum Gasteiger partial charge on any atom is -0.378 e. The molecule has 132 valence electrons. The van der Waals surface area contributed by atoms with Crippen molar-refractivity contribution in [1.82, 2.24) is 29.5 Å². The minimum absolute atomic E-state index is 0.472. The highest BCUT2D eigenvalue weighted by Crippen LogP contribution is 2.19. The Morgan fingerprint density at radius 1 is 1.16 bits per heavy atom. The summed E-state index contributed by atoms with van der Waals surface area (Å²) in [4.78, 5) is 18.0.